The van der Waals surface area contributed by atoms with E-state index in [9.17, 15) is 10.1 Å². The molecule has 0 aliphatic carbocycles. The zero-order valence-electron chi connectivity index (χ0n) is 9.31. The number of hydrogen-bond acceptors (Lipinski definition) is 6. The van der Waals surface area contributed by atoms with Crippen LogP contribution in [0.2, 0.25) is 0 Å². The number of rotatable bonds is 4. The molecule has 0 bridgehead atoms. The van der Waals surface area contributed by atoms with Gasteiger partial charge >= 0.3 is 0 Å². The molecule has 0 saturated heterocycles. The van der Waals surface area contributed by atoms with Crippen molar-refractivity contribution in [2.45, 2.75) is 10.6 Å². The lowest BCUT2D eigenvalue weighted by atomic mass is 10.3. The number of hydrogen-bond donors (Lipinski definition) is 1. The molecule has 18 heavy (non-hydrogen) atoms. The average molecular weight is 262 g/mol. The molecule has 0 spiro atoms. The first kappa shape index (κ1) is 12.3. The smallest absolute Gasteiger partial charge is 0.269 e. The monoisotopic (exact) mass is 262 g/mol. The van der Waals surface area contributed by atoms with Gasteiger partial charge in [-0.25, -0.2) is 4.98 Å². The first-order chi connectivity index (χ1) is 8.65. The van der Waals surface area contributed by atoms with E-state index in [0.717, 1.165) is 10.6 Å². The molecule has 6 nitrogen and oxygen atoms in total. The molecule has 1 heterocycles. The lowest BCUT2D eigenvalue weighted by Crippen LogP contribution is -1.94. The van der Waals surface area contributed by atoms with E-state index in [-0.39, 0.29) is 5.69 Å². The Morgan fingerprint density at radius 1 is 1.22 bits per heavy atom. The van der Waals surface area contributed by atoms with Crippen LogP contribution in [0, 0.1) is 10.1 Å². The lowest BCUT2D eigenvalue weighted by Gasteiger charge is -2.01. The van der Waals surface area contributed by atoms with E-state index in [1.54, 1.807) is 18.3 Å². The molecule has 1 aromatic carbocycles. The highest BCUT2D eigenvalue weighted by Crippen LogP contribution is 2.23. The molecule has 0 fully saturated rings. The molecule has 1 aromatic heterocycles. The van der Waals surface area contributed by atoms with Crippen LogP contribution in [0.5, 0.6) is 0 Å². The van der Waals surface area contributed by atoms with Crippen LogP contribution in [0.1, 0.15) is 5.69 Å². The largest absolute Gasteiger partial charge is 0.382 e. The molecular weight excluding hydrogens is 252 g/mol. The molecule has 2 aromatic rings. The number of non-ortho nitro benzene ring substituents is 1. The highest BCUT2D eigenvalue weighted by atomic mass is 32.2. The summed E-state index contributed by atoms with van der Waals surface area (Å²) >= 11 is 1.53. The van der Waals surface area contributed by atoms with E-state index >= 15 is 0 Å². The van der Waals surface area contributed by atoms with Gasteiger partial charge in [0.15, 0.2) is 0 Å². The number of nitrogens with two attached hydrogens (primary N) is 1. The van der Waals surface area contributed by atoms with Gasteiger partial charge in [0.25, 0.3) is 5.69 Å². The summed E-state index contributed by atoms with van der Waals surface area (Å²) < 4.78 is 0. The molecule has 0 saturated carbocycles. The third-order valence-electron chi connectivity index (χ3n) is 2.16. The van der Waals surface area contributed by atoms with Gasteiger partial charge in [0.1, 0.15) is 5.82 Å². The molecule has 0 atom stereocenters. The fourth-order valence-corrected chi connectivity index (χ4v) is 2.05. The van der Waals surface area contributed by atoms with Gasteiger partial charge in [0.2, 0.25) is 0 Å². The molecule has 0 aliphatic rings. The Bertz CT molecular complexity index is 542. The van der Waals surface area contributed by atoms with Gasteiger partial charge in [-0.1, -0.05) is 0 Å². The number of nitro groups is 1. The van der Waals surface area contributed by atoms with Gasteiger partial charge in [-0.2, -0.15) is 0 Å². The number of aromatic nitrogens is 2. The summed E-state index contributed by atoms with van der Waals surface area (Å²) in [5.74, 6) is 1.03. The van der Waals surface area contributed by atoms with Crippen LogP contribution in [-0.2, 0) is 5.75 Å². The van der Waals surface area contributed by atoms with Crippen molar-refractivity contribution in [2.75, 3.05) is 5.73 Å². The molecule has 2 N–H and O–H groups in total. The summed E-state index contributed by atoms with van der Waals surface area (Å²) in [5.41, 5.74) is 6.34. The van der Waals surface area contributed by atoms with Crippen molar-refractivity contribution in [3.05, 3.63) is 52.5 Å². The maximum absolute atomic E-state index is 10.5. The highest BCUT2D eigenvalue weighted by molar-refractivity contribution is 7.98. The van der Waals surface area contributed by atoms with Crippen LogP contribution in [0.25, 0.3) is 0 Å². The standard InChI is InChI=1S/C11H10N4O2S/c12-11-6-13-8(5-14-11)7-18-10-3-1-9(2-4-10)15(16)17/h1-6H,7H2,(H2,12,14). The summed E-state index contributed by atoms with van der Waals surface area (Å²) in [6.45, 7) is 0. The van der Waals surface area contributed by atoms with Crippen molar-refractivity contribution in [3.8, 4) is 0 Å². The Morgan fingerprint density at radius 2 is 1.94 bits per heavy atom. The number of anilines is 1. The SMILES string of the molecule is Nc1cnc(CSc2ccc([N+](=O)[O-])cc2)cn1. The summed E-state index contributed by atoms with van der Waals surface area (Å²) in [5, 5.41) is 10.5. The van der Waals surface area contributed by atoms with Gasteiger partial charge in [-0.15, -0.1) is 11.8 Å². The predicted octanol–water partition coefficient (Wildman–Crippen LogP) is 2.26. The lowest BCUT2D eigenvalue weighted by molar-refractivity contribution is -0.384. The minimum atomic E-state index is -0.417. The summed E-state index contributed by atoms with van der Waals surface area (Å²) in [6, 6.07) is 6.40. The second-order valence-electron chi connectivity index (χ2n) is 3.47. The highest BCUT2D eigenvalue weighted by Gasteiger charge is 2.04. The minimum absolute atomic E-state index is 0.0895. The quantitative estimate of drug-likeness (QED) is 0.516. The van der Waals surface area contributed by atoms with Gasteiger partial charge in [-0.05, 0) is 12.1 Å². The topological polar surface area (TPSA) is 94.9 Å². The van der Waals surface area contributed by atoms with Crippen LogP contribution in [0.3, 0.4) is 0 Å². The molecular formula is C11H10N4O2S. The first-order valence-electron chi connectivity index (χ1n) is 5.09. The predicted molar refractivity (Wildman–Crippen MR) is 69.1 cm³/mol. The van der Waals surface area contributed by atoms with Crippen molar-refractivity contribution in [1.29, 1.82) is 0 Å². The average Bonchev–Trinajstić information content (AvgIpc) is 2.38. The van der Waals surface area contributed by atoms with E-state index in [1.165, 1.54) is 30.1 Å². The molecule has 0 unspecified atom stereocenters. The van der Waals surface area contributed by atoms with E-state index in [4.69, 9.17) is 5.73 Å². The van der Waals surface area contributed by atoms with Crippen LogP contribution in [0.4, 0.5) is 11.5 Å². The number of benzene rings is 1. The Labute approximate surface area is 107 Å². The van der Waals surface area contributed by atoms with Crippen molar-refractivity contribution in [3.63, 3.8) is 0 Å². The Morgan fingerprint density at radius 3 is 2.50 bits per heavy atom. The number of thioether (sulfide) groups is 1. The summed E-state index contributed by atoms with van der Waals surface area (Å²) in [4.78, 5) is 19.1. The Balaban J connectivity index is 1.97. The van der Waals surface area contributed by atoms with Crippen molar-refractivity contribution in [2.24, 2.45) is 0 Å². The fourth-order valence-electron chi connectivity index (χ4n) is 1.26. The van der Waals surface area contributed by atoms with Crippen LogP contribution in [0.15, 0.2) is 41.6 Å². The third-order valence-corrected chi connectivity index (χ3v) is 3.21. The minimum Gasteiger partial charge on any atom is -0.382 e. The second-order valence-corrected chi connectivity index (χ2v) is 4.52. The summed E-state index contributed by atoms with van der Waals surface area (Å²) in [7, 11) is 0. The van der Waals surface area contributed by atoms with Crippen LogP contribution >= 0.6 is 11.8 Å². The van der Waals surface area contributed by atoms with Crippen LogP contribution in [-0.4, -0.2) is 14.9 Å². The van der Waals surface area contributed by atoms with Crippen molar-refractivity contribution in [1.82, 2.24) is 9.97 Å². The van der Waals surface area contributed by atoms with E-state index in [1.807, 2.05) is 0 Å². The molecule has 2 rings (SSSR count). The maximum Gasteiger partial charge on any atom is 0.269 e. The maximum atomic E-state index is 10.5. The van der Waals surface area contributed by atoms with Gasteiger partial charge in [0.05, 0.1) is 23.0 Å². The number of nitrogen functional groups attached to an aromatic ring is 1. The Kier molecular flexibility index (Phi) is 3.73. The van der Waals surface area contributed by atoms with Crippen molar-refractivity contribution >= 4 is 23.3 Å². The first-order valence-corrected chi connectivity index (χ1v) is 6.07. The molecule has 0 radical (unpaired) electrons. The molecule has 92 valence electrons. The number of nitrogens with zero attached hydrogens (tertiary/aromatic N) is 3. The van der Waals surface area contributed by atoms with E-state index in [0.29, 0.717) is 11.6 Å². The van der Waals surface area contributed by atoms with Crippen LogP contribution < -0.4 is 5.73 Å². The molecule has 0 aliphatic heterocycles. The molecule has 7 heteroatoms. The Hall–Kier alpha value is -2.15. The summed E-state index contributed by atoms with van der Waals surface area (Å²) in [6.07, 6.45) is 3.12. The third kappa shape index (κ3) is 3.17. The zero-order valence-corrected chi connectivity index (χ0v) is 10.1. The van der Waals surface area contributed by atoms with E-state index in [2.05, 4.69) is 9.97 Å². The van der Waals surface area contributed by atoms with Gasteiger partial charge in [0, 0.05) is 22.8 Å². The zero-order chi connectivity index (χ0) is 13.0. The normalized spacial score (nSPS) is 10.2. The van der Waals surface area contributed by atoms with E-state index < -0.39 is 4.92 Å². The number of nitro benzene ring substituents is 1. The molecule has 0 amide bonds. The van der Waals surface area contributed by atoms with Gasteiger partial charge < -0.3 is 5.73 Å². The fraction of sp³-hybridized carbons (Fsp3) is 0.0909. The second kappa shape index (κ2) is 5.46. The van der Waals surface area contributed by atoms with Gasteiger partial charge in [-0.3, -0.25) is 15.1 Å². The van der Waals surface area contributed by atoms with Crippen molar-refractivity contribution < 1.29 is 4.92 Å².